The molecule has 8 nitrogen and oxygen atoms in total. The fraction of sp³-hybridized carbons (Fsp3) is 0.250. The van der Waals surface area contributed by atoms with Crippen molar-refractivity contribution in [2.75, 3.05) is 5.32 Å². The molecular weight excluding hydrogens is 314 g/mol. The van der Waals surface area contributed by atoms with Gasteiger partial charge in [0.25, 0.3) is 5.91 Å². The number of carboxylic acid groups (broad SMARTS) is 1. The normalized spacial score (nSPS) is 10.2. The van der Waals surface area contributed by atoms with Gasteiger partial charge in [-0.25, -0.2) is 0 Å². The maximum atomic E-state index is 11.8. The molecule has 0 saturated heterocycles. The van der Waals surface area contributed by atoms with Gasteiger partial charge in [-0.15, -0.1) is 0 Å². The quantitative estimate of drug-likeness (QED) is 0.477. The molecule has 0 aliphatic rings. The molecule has 0 saturated carbocycles. The zero-order valence-electron chi connectivity index (χ0n) is 13.3. The molecule has 1 aromatic rings. The second-order valence-electron chi connectivity index (χ2n) is 5.06. The lowest BCUT2D eigenvalue weighted by molar-refractivity contribution is -0.297. The van der Waals surface area contributed by atoms with E-state index in [4.69, 9.17) is 0 Å². The van der Waals surface area contributed by atoms with Crippen LogP contribution >= 0.6 is 0 Å². The number of hydrazine groups is 1. The third kappa shape index (κ3) is 7.21. The lowest BCUT2D eigenvalue weighted by Gasteiger charge is -2.09. The van der Waals surface area contributed by atoms with Crippen LogP contribution in [0.5, 0.6) is 0 Å². The Labute approximate surface area is 138 Å². The molecule has 1 aromatic carbocycles. The first-order chi connectivity index (χ1) is 11.3. The largest absolute Gasteiger partial charge is 0.545 e. The van der Waals surface area contributed by atoms with E-state index in [1.54, 1.807) is 0 Å². The van der Waals surface area contributed by atoms with E-state index in [1.165, 1.54) is 0 Å². The number of nitrogens with one attached hydrogen (secondary N) is 3. The van der Waals surface area contributed by atoms with Gasteiger partial charge in [-0.1, -0.05) is 12.1 Å². The van der Waals surface area contributed by atoms with Gasteiger partial charge in [0.05, 0.1) is 5.97 Å². The van der Waals surface area contributed by atoms with Crippen LogP contribution in [-0.2, 0) is 19.2 Å². The molecule has 0 aromatic heterocycles. The molecule has 0 radical (unpaired) electrons. The number of anilines is 1. The fourth-order valence-electron chi connectivity index (χ4n) is 1.69. The Morgan fingerprint density at radius 2 is 1.67 bits per heavy atom. The van der Waals surface area contributed by atoms with Gasteiger partial charge >= 0.3 is 0 Å². The second kappa shape index (κ2) is 9.09. The zero-order chi connectivity index (χ0) is 18.1. The van der Waals surface area contributed by atoms with Crippen molar-refractivity contribution in [3.05, 3.63) is 41.5 Å². The Bertz CT molecular complexity index is 682. The number of carbonyl (C=O) groups is 4. The molecule has 0 bridgehead atoms. The van der Waals surface area contributed by atoms with Gasteiger partial charge in [0, 0.05) is 24.6 Å². The molecule has 0 aliphatic heterocycles. The van der Waals surface area contributed by atoms with Crippen molar-refractivity contribution >= 4 is 29.4 Å². The van der Waals surface area contributed by atoms with Gasteiger partial charge in [-0.2, -0.15) is 0 Å². The summed E-state index contributed by atoms with van der Waals surface area (Å²) in [5.41, 5.74) is 6.63. The van der Waals surface area contributed by atoms with Crippen molar-refractivity contribution in [3.63, 3.8) is 0 Å². The summed E-state index contributed by atoms with van der Waals surface area (Å²) in [5.74, 6) is -3.27. The monoisotopic (exact) mass is 332 g/mol. The first-order valence-corrected chi connectivity index (χ1v) is 7.13. The molecule has 0 unspecified atom stereocenters. The fourth-order valence-corrected chi connectivity index (χ4v) is 1.69. The summed E-state index contributed by atoms with van der Waals surface area (Å²) in [5, 5.41) is 12.8. The van der Waals surface area contributed by atoms with Crippen LogP contribution in [0.3, 0.4) is 0 Å². The third-order valence-corrected chi connectivity index (χ3v) is 2.94. The summed E-state index contributed by atoms with van der Waals surface area (Å²) in [7, 11) is 0. The number of rotatable bonds is 6. The van der Waals surface area contributed by atoms with Crippen LogP contribution in [0.1, 0.15) is 24.0 Å². The van der Waals surface area contributed by atoms with Crippen molar-refractivity contribution in [2.24, 2.45) is 0 Å². The summed E-state index contributed by atoms with van der Waals surface area (Å²) in [6.07, 6.45) is 1.02. The average molecular weight is 332 g/mol. The van der Waals surface area contributed by atoms with E-state index >= 15 is 0 Å². The Hall–Kier alpha value is -3.16. The van der Waals surface area contributed by atoms with E-state index < -0.39 is 17.8 Å². The number of carboxylic acids is 1. The SMILES string of the molecule is Cc1ccc(C)c(NC(=O)CCC(=O)NNC(=O)/C=C/C(=O)[O-])c1. The predicted octanol–water partition coefficient (Wildman–Crippen LogP) is -0.524. The van der Waals surface area contributed by atoms with Gasteiger partial charge in [0.2, 0.25) is 11.8 Å². The highest BCUT2D eigenvalue weighted by Crippen LogP contribution is 2.16. The standard InChI is InChI=1S/C16H19N3O5/c1-10-3-4-11(2)12(9-10)17-13(20)5-6-14(21)18-19-15(22)7-8-16(23)24/h3-4,7-9H,5-6H2,1-2H3,(H,17,20)(H,18,21)(H,19,22)(H,23,24)/p-1/b8-7+. The molecule has 1 rings (SSSR count). The molecule has 0 aliphatic carbocycles. The minimum atomic E-state index is -1.53. The Morgan fingerprint density at radius 3 is 2.33 bits per heavy atom. The number of amides is 3. The Balaban J connectivity index is 2.36. The predicted molar refractivity (Wildman–Crippen MR) is 84.2 cm³/mol. The number of hydrogen-bond acceptors (Lipinski definition) is 5. The van der Waals surface area contributed by atoms with E-state index in [9.17, 15) is 24.3 Å². The van der Waals surface area contributed by atoms with Crippen LogP contribution < -0.4 is 21.3 Å². The first-order valence-electron chi connectivity index (χ1n) is 7.13. The van der Waals surface area contributed by atoms with E-state index in [2.05, 4.69) is 10.7 Å². The topological polar surface area (TPSA) is 127 Å². The summed E-state index contributed by atoms with van der Waals surface area (Å²) in [6.45, 7) is 3.76. The van der Waals surface area contributed by atoms with Gasteiger partial charge in [-0.3, -0.25) is 25.2 Å². The van der Waals surface area contributed by atoms with Crippen molar-refractivity contribution < 1.29 is 24.3 Å². The van der Waals surface area contributed by atoms with Gasteiger partial charge in [0.15, 0.2) is 0 Å². The Morgan fingerprint density at radius 1 is 1.00 bits per heavy atom. The van der Waals surface area contributed by atoms with Crippen molar-refractivity contribution in [3.8, 4) is 0 Å². The number of carbonyl (C=O) groups excluding carboxylic acids is 4. The second-order valence-corrected chi connectivity index (χ2v) is 5.06. The Kier molecular flexibility index (Phi) is 7.15. The molecule has 24 heavy (non-hydrogen) atoms. The maximum Gasteiger partial charge on any atom is 0.262 e. The van der Waals surface area contributed by atoms with E-state index in [1.807, 2.05) is 37.5 Å². The molecule has 0 spiro atoms. The van der Waals surface area contributed by atoms with E-state index in [0.29, 0.717) is 17.8 Å². The number of aryl methyl sites for hydroxylation is 2. The van der Waals surface area contributed by atoms with Crippen LogP contribution in [0.25, 0.3) is 0 Å². The first kappa shape index (κ1) is 18.9. The highest BCUT2D eigenvalue weighted by Gasteiger charge is 2.09. The minimum absolute atomic E-state index is 0.0655. The molecular formula is C16H18N3O5-. The molecule has 0 atom stereocenters. The molecule has 0 heterocycles. The maximum absolute atomic E-state index is 11.8. The summed E-state index contributed by atoms with van der Waals surface area (Å²) >= 11 is 0. The lowest BCUT2D eigenvalue weighted by Crippen LogP contribution is -2.41. The number of aliphatic carboxylic acids is 1. The summed E-state index contributed by atoms with van der Waals surface area (Å²) in [4.78, 5) is 44.6. The summed E-state index contributed by atoms with van der Waals surface area (Å²) in [6, 6.07) is 5.64. The van der Waals surface area contributed by atoms with Crippen molar-refractivity contribution in [1.82, 2.24) is 10.9 Å². The molecule has 0 fully saturated rings. The third-order valence-electron chi connectivity index (χ3n) is 2.94. The molecule has 128 valence electrons. The number of hydrogen-bond donors (Lipinski definition) is 3. The highest BCUT2D eigenvalue weighted by atomic mass is 16.4. The van der Waals surface area contributed by atoms with Crippen LogP contribution in [0.2, 0.25) is 0 Å². The van der Waals surface area contributed by atoms with Crippen LogP contribution in [0, 0.1) is 13.8 Å². The van der Waals surface area contributed by atoms with E-state index in [-0.39, 0.29) is 18.7 Å². The number of benzene rings is 1. The minimum Gasteiger partial charge on any atom is -0.545 e. The molecule has 8 heteroatoms. The van der Waals surface area contributed by atoms with E-state index in [0.717, 1.165) is 11.1 Å². The average Bonchev–Trinajstić information content (AvgIpc) is 2.52. The molecule has 3 amide bonds. The smallest absolute Gasteiger partial charge is 0.262 e. The van der Waals surface area contributed by atoms with Crippen molar-refractivity contribution in [2.45, 2.75) is 26.7 Å². The van der Waals surface area contributed by atoms with Gasteiger partial charge in [0.1, 0.15) is 0 Å². The van der Waals surface area contributed by atoms with Gasteiger partial charge in [-0.05, 0) is 37.1 Å². The van der Waals surface area contributed by atoms with Crippen LogP contribution in [0.4, 0.5) is 5.69 Å². The van der Waals surface area contributed by atoms with Gasteiger partial charge < -0.3 is 15.2 Å². The zero-order valence-corrected chi connectivity index (χ0v) is 13.3. The van der Waals surface area contributed by atoms with Crippen LogP contribution in [-0.4, -0.2) is 23.7 Å². The van der Waals surface area contributed by atoms with Crippen molar-refractivity contribution in [1.29, 1.82) is 0 Å². The lowest BCUT2D eigenvalue weighted by atomic mass is 10.1. The van der Waals surface area contributed by atoms with Crippen LogP contribution in [0.15, 0.2) is 30.4 Å². The summed E-state index contributed by atoms with van der Waals surface area (Å²) < 4.78 is 0. The molecule has 3 N–H and O–H groups in total. The highest BCUT2D eigenvalue weighted by molar-refractivity contribution is 5.96.